The summed E-state index contributed by atoms with van der Waals surface area (Å²) >= 11 is 0. The van der Waals surface area contributed by atoms with E-state index in [4.69, 9.17) is 0 Å². The number of fused-ring (bicyclic) bond motifs is 6. The lowest BCUT2D eigenvalue weighted by molar-refractivity contribution is 0.568. The number of benzene rings is 11. The van der Waals surface area contributed by atoms with Crippen LogP contribution in [0.2, 0.25) is 0 Å². The van der Waals surface area contributed by atoms with Gasteiger partial charge in [0.25, 0.3) is 0 Å². The van der Waals surface area contributed by atoms with E-state index >= 15 is 0 Å². The Morgan fingerprint density at radius 3 is 1.01 bits per heavy atom. The van der Waals surface area contributed by atoms with Gasteiger partial charge in [-0.05, 0) is 194 Å². The van der Waals surface area contributed by atoms with Crippen LogP contribution in [-0.4, -0.2) is 0 Å². The Kier molecular flexibility index (Phi) is 10.5. The molecule has 0 saturated heterocycles. The molecule has 0 heterocycles. The molecule has 0 nitrogen and oxygen atoms in total. The van der Waals surface area contributed by atoms with E-state index in [9.17, 15) is 0 Å². The summed E-state index contributed by atoms with van der Waals surface area (Å²) in [4.78, 5) is 0. The van der Waals surface area contributed by atoms with Gasteiger partial charge in [0.15, 0.2) is 0 Å². The van der Waals surface area contributed by atoms with Crippen molar-refractivity contribution in [2.45, 2.75) is 131 Å². The predicted molar refractivity (Wildman–Crippen MR) is 325 cm³/mol. The fourth-order valence-corrected chi connectivity index (χ4v) is 12.3. The average Bonchev–Trinajstić information content (AvgIpc) is 3.73. The van der Waals surface area contributed by atoms with Gasteiger partial charge < -0.3 is 0 Å². The minimum absolute atomic E-state index is 0.00377. The Labute approximate surface area is 440 Å². The number of hydrogen-bond acceptors (Lipinski definition) is 0. The molecule has 11 aromatic carbocycles. The Hall–Kier alpha value is -7.02. The first kappa shape index (κ1) is 48.0. The van der Waals surface area contributed by atoms with E-state index in [0.29, 0.717) is 0 Å². The Bertz CT molecular complexity index is 3880. The van der Waals surface area contributed by atoms with Crippen LogP contribution < -0.4 is 0 Å². The molecule has 0 aromatic heterocycles. The van der Waals surface area contributed by atoms with Gasteiger partial charge in [0.2, 0.25) is 0 Å². The minimum Gasteiger partial charge on any atom is -0.0616 e. The first-order valence-corrected chi connectivity index (χ1v) is 27.2. The van der Waals surface area contributed by atoms with Crippen LogP contribution >= 0.6 is 0 Å². The van der Waals surface area contributed by atoms with Gasteiger partial charge in [0.1, 0.15) is 0 Å². The first-order chi connectivity index (χ1) is 34.8. The van der Waals surface area contributed by atoms with Gasteiger partial charge in [-0.2, -0.15) is 0 Å². The second kappa shape index (κ2) is 16.2. The number of hydrogen-bond donors (Lipinski definition) is 0. The van der Waals surface area contributed by atoms with Gasteiger partial charge in [-0.25, -0.2) is 0 Å². The van der Waals surface area contributed by atoms with Crippen molar-refractivity contribution in [1.29, 1.82) is 0 Å². The maximum absolute atomic E-state index is 2.50. The highest BCUT2D eigenvalue weighted by atomic mass is 14.4. The molecule has 368 valence electrons. The van der Waals surface area contributed by atoms with Gasteiger partial charge in [-0.15, -0.1) is 0 Å². The molecule has 0 bridgehead atoms. The predicted octanol–water partition coefficient (Wildman–Crippen LogP) is 21.7. The van der Waals surface area contributed by atoms with Crippen molar-refractivity contribution in [2.75, 3.05) is 0 Å². The van der Waals surface area contributed by atoms with Crippen LogP contribution in [0.4, 0.5) is 0 Å². The van der Waals surface area contributed by atoms with Crippen molar-refractivity contribution in [2.24, 2.45) is 0 Å². The fraction of sp³-hybridized carbons (Fsp3) is 0.270. The van der Waals surface area contributed by atoms with Crippen LogP contribution in [-0.2, 0) is 27.1 Å². The molecule has 0 heteroatoms. The first-order valence-electron chi connectivity index (χ1n) is 27.2. The summed E-state index contributed by atoms with van der Waals surface area (Å²) in [6, 6.07) is 64.6. The lowest BCUT2D eigenvalue weighted by Gasteiger charge is -2.26. The molecule has 0 radical (unpaired) electrons. The van der Waals surface area contributed by atoms with Crippen molar-refractivity contribution in [3.8, 4) is 66.8 Å². The molecule has 0 amide bonds. The zero-order valence-electron chi connectivity index (χ0n) is 46.6. The van der Waals surface area contributed by atoms with Crippen molar-refractivity contribution in [1.82, 2.24) is 0 Å². The third kappa shape index (κ3) is 7.69. The van der Waals surface area contributed by atoms with Crippen LogP contribution in [0.25, 0.3) is 121 Å². The molecule has 12 rings (SSSR count). The standard InChI is InChI=1S/C74H72/c1-70(2,3)50-36-48(37-51(40-50)71(4,5)6)43-21-18-23-45(33-43)64-56-26-16-17-27-57(56)65(46-24-19-22-44(34-46)49-38-52(72(7,8)9)41-53(39-49)73(10,11)12)69-61-32-30-59-62-42-54(74(13,14)15)35-47-25-20-28-55(63(47)62)58-29-31-60(68(64)69)67(61)66(58)59/h16-42H,1-15H3. The summed E-state index contributed by atoms with van der Waals surface area (Å²) in [7, 11) is 0. The minimum atomic E-state index is 0.00377. The lowest BCUT2D eigenvalue weighted by Crippen LogP contribution is -2.16. The fourth-order valence-electron chi connectivity index (χ4n) is 12.3. The summed E-state index contributed by atoms with van der Waals surface area (Å²) < 4.78 is 0. The van der Waals surface area contributed by atoms with Crippen LogP contribution in [0.1, 0.15) is 132 Å². The van der Waals surface area contributed by atoms with Gasteiger partial charge in [0.05, 0.1) is 0 Å². The third-order valence-corrected chi connectivity index (χ3v) is 16.6. The highest BCUT2D eigenvalue weighted by Crippen LogP contribution is 2.60. The van der Waals surface area contributed by atoms with E-state index in [2.05, 4.69) is 268 Å². The SMILES string of the molecule is CC(C)(C)c1cc(-c2cccc(-c3c4c(c(-c5cccc(-c6cc(C(C)(C)C)cc(C(C)(C)C)c6)c5)c5ccccc35)-c3ccc5c6cc(C(C)(C)C)cc7cccc(c8ccc-4c3c85)c76)c2)cc(C(C)(C)C)c1. The van der Waals surface area contributed by atoms with Crippen molar-refractivity contribution in [3.05, 3.63) is 192 Å². The summed E-state index contributed by atoms with van der Waals surface area (Å²) in [6.45, 7) is 35.1. The summed E-state index contributed by atoms with van der Waals surface area (Å²) in [6.07, 6.45) is 0. The Balaban J connectivity index is 1.19. The highest BCUT2D eigenvalue weighted by Gasteiger charge is 2.33. The normalized spacial score (nSPS) is 13.3. The molecule has 11 aromatic rings. The summed E-state index contributed by atoms with van der Waals surface area (Å²) in [5, 5.41) is 13.3. The maximum atomic E-state index is 2.50. The Morgan fingerprint density at radius 1 is 0.216 bits per heavy atom. The second-order valence-electron chi connectivity index (χ2n) is 27.1. The van der Waals surface area contributed by atoms with E-state index in [1.54, 1.807) is 0 Å². The zero-order chi connectivity index (χ0) is 52.2. The van der Waals surface area contributed by atoms with Crippen LogP contribution in [0.3, 0.4) is 0 Å². The molecule has 1 aliphatic carbocycles. The van der Waals surface area contributed by atoms with Gasteiger partial charge in [-0.1, -0.05) is 249 Å². The molecule has 0 fully saturated rings. The quantitative estimate of drug-likeness (QED) is 0.122. The highest BCUT2D eigenvalue weighted by molar-refractivity contribution is 6.39. The van der Waals surface area contributed by atoms with Crippen LogP contribution in [0.15, 0.2) is 164 Å². The smallest absolute Gasteiger partial charge is 0.000740 e. The zero-order valence-corrected chi connectivity index (χ0v) is 46.6. The summed E-state index contributed by atoms with van der Waals surface area (Å²) in [5.74, 6) is 0. The van der Waals surface area contributed by atoms with E-state index in [1.807, 2.05) is 0 Å². The molecule has 74 heavy (non-hydrogen) atoms. The topological polar surface area (TPSA) is 0 Å². The third-order valence-electron chi connectivity index (χ3n) is 16.6. The summed E-state index contributed by atoms with van der Waals surface area (Å²) in [5.41, 5.74) is 22.3. The molecule has 0 N–H and O–H groups in total. The molecular weight excluding hydrogens is 889 g/mol. The molecular formula is C74H72. The van der Waals surface area contributed by atoms with Gasteiger partial charge in [-0.3, -0.25) is 0 Å². The number of rotatable bonds is 4. The molecule has 0 spiro atoms. The molecule has 0 atom stereocenters. The molecule has 0 saturated carbocycles. The molecule has 0 aliphatic heterocycles. The molecule has 1 aliphatic rings. The van der Waals surface area contributed by atoms with E-state index < -0.39 is 0 Å². The van der Waals surface area contributed by atoms with Crippen LogP contribution in [0, 0.1) is 0 Å². The van der Waals surface area contributed by atoms with Crippen molar-refractivity contribution < 1.29 is 0 Å². The monoisotopic (exact) mass is 961 g/mol. The van der Waals surface area contributed by atoms with E-state index in [-0.39, 0.29) is 27.1 Å². The Morgan fingerprint density at radius 2 is 0.581 bits per heavy atom. The van der Waals surface area contributed by atoms with Gasteiger partial charge in [0, 0.05) is 0 Å². The van der Waals surface area contributed by atoms with Crippen LogP contribution in [0.5, 0.6) is 0 Å². The van der Waals surface area contributed by atoms with Gasteiger partial charge >= 0.3 is 0 Å². The lowest BCUT2D eigenvalue weighted by atomic mass is 9.78. The average molecular weight is 961 g/mol. The maximum Gasteiger partial charge on any atom is -0.000740 e. The van der Waals surface area contributed by atoms with E-state index in [1.165, 1.54) is 148 Å². The van der Waals surface area contributed by atoms with Crippen molar-refractivity contribution in [3.63, 3.8) is 0 Å². The van der Waals surface area contributed by atoms with E-state index in [0.717, 1.165) is 0 Å². The largest absolute Gasteiger partial charge is 0.0616 e. The molecule has 0 unspecified atom stereocenters. The van der Waals surface area contributed by atoms with Crippen molar-refractivity contribution >= 4 is 53.9 Å². The second-order valence-corrected chi connectivity index (χ2v) is 27.1.